The van der Waals surface area contributed by atoms with Gasteiger partial charge in [-0.15, -0.1) is 0 Å². The van der Waals surface area contributed by atoms with Gasteiger partial charge in [-0.2, -0.15) is 4.98 Å². The molecule has 37 heavy (non-hydrogen) atoms. The monoisotopic (exact) mass is 505 g/mol. The van der Waals surface area contributed by atoms with Crippen molar-refractivity contribution >= 4 is 11.6 Å². The zero-order chi connectivity index (χ0) is 25.8. The SMILES string of the molecule is CC1CCN(c2ccc(C(C)NC(=O)C3CCN(Cc4nc(-c5ccc(F)cc5)no4)CC3)cc2)CC1. The molecule has 0 spiro atoms. The number of anilines is 1. The molecule has 5 rings (SSSR count). The molecule has 1 N–H and O–H groups in total. The van der Waals surface area contributed by atoms with Gasteiger partial charge in [0.25, 0.3) is 0 Å². The smallest absolute Gasteiger partial charge is 0.241 e. The lowest BCUT2D eigenvalue weighted by atomic mass is 9.95. The summed E-state index contributed by atoms with van der Waals surface area (Å²) in [4.78, 5) is 22.1. The molecule has 2 saturated heterocycles. The van der Waals surface area contributed by atoms with Gasteiger partial charge < -0.3 is 14.7 Å². The number of likely N-dealkylation sites (tertiary alicyclic amines) is 1. The first-order valence-corrected chi connectivity index (χ1v) is 13.4. The number of carbonyl (C=O) groups excluding carboxylic acids is 1. The molecule has 2 fully saturated rings. The molecule has 1 amide bonds. The molecular weight excluding hydrogens is 469 g/mol. The van der Waals surface area contributed by atoms with Crippen LogP contribution in [-0.4, -0.2) is 47.1 Å². The van der Waals surface area contributed by atoms with E-state index >= 15 is 0 Å². The van der Waals surface area contributed by atoms with Crippen LogP contribution in [0, 0.1) is 17.7 Å². The second-order valence-corrected chi connectivity index (χ2v) is 10.6. The quantitative estimate of drug-likeness (QED) is 0.476. The number of benzene rings is 2. The fraction of sp³-hybridized carbons (Fsp3) is 0.483. The molecule has 2 aliphatic rings. The highest BCUT2D eigenvalue weighted by Crippen LogP contribution is 2.26. The van der Waals surface area contributed by atoms with Gasteiger partial charge in [-0.3, -0.25) is 9.69 Å². The Balaban J connectivity index is 1.08. The van der Waals surface area contributed by atoms with Crippen LogP contribution in [0.25, 0.3) is 11.4 Å². The van der Waals surface area contributed by atoms with Crippen LogP contribution in [0.2, 0.25) is 0 Å². The van der Waals surface area contributed by atoms with Crippen molar-refractivity contribution in [1.29, 1.82) is 0 Å². The lowest BCUT2D eigenvalue weighted by Gasteiger charge is -2.32. The van der Waals surface area contributed by atoms with Gasteiger partial charge in [0.2, 0.25) is 17.6 Å². The zero-order valence-corrected chi connectivity index (χ0v) is 21.7. The van der Waals surface area contributed by atoms with Crippen molar-refractivity contribution in [1.82, 2.24) is 20.4 Å². The lowest BCUT2D eigenvalue weighted by molar-refractivity contribution is -0.127. The second-order valence-electron chi connectivity index (χ2n) is 10.6. The van der Waals surface area contributed by atoms with Gasteiger partial charge in [0.1, 0.15) is 5.82 Å². The number of rotatable bonds is 7. The summed E-state index contributed by atoms with van der Waals surface area (Å²) in [7, 11) is 0. The number of nitrogens with one attached hydrogen (secondary N) is 1. The fourth-order valence-corrected chi connectivity index (χ4v) is 5.24. The molecule has 0 bridgehead atoms. The first kappa shape index (κ1) is 25.4. The topological polar surface area (TPSA) is 74.5 Å². The van der Waals surface area contributed by atoms with Gasteiger partial charge in [0.05, 0.1) is 12.6 Å². The van der Waals surface area contributed by atoms with Gasteiger partial charge in [0.15, 0.2) is 0 Å². The molecule has 1 aromatic heterocycles. The number of halogens is 1. The van der Waals surface area contributed by atoms with E-state index in [0.29, 0.717) is 18.3 Å². The maximum Gasteiger partial charge on any atom is 0.241 e. The lowest BCUT2D eigenvalue weighted by Crippen LogP contribution is -2.41. The minimum absolute atomic E-state index is 0.00535. The molecule has 0 radical (unpaired) electrons. The van der Waals surface area contributed by atoms with E-state index in [4.69, 9.17) is 4.52 Å². The molecule has 3 aromatic rings. The molecule has 1 atom stereocenters. The fourth-order valence-electron chi connectivity index (χ4n) is 5.24. The van der Waals surface area contributed by atoms with E-state index in [9.17, 15) is 9.18 Å². The van der Waals surface area contributed by atoms with E-state index in [2.05, 4.69) is 63.4 Å². The number of hydrogen-bond donors (Lipinski definition) is 1. The Hall–Kier alpha value is -3.26. The average molecular weight is 506 g/mol. The number of aromatic nitrogens is 2. The number of piperidine rings is 2. The molecule has 8 heteroatoms. The largest absolute Gasteiger partial charge is 0.372 e. The van der Waals surface area contributed by atoms with Gasteiger partial charge in [-0.1, -0.05) is 24.2 Å². The first-order valence-electron chi connectivity index (χ1n) is 13.4. The van der Waals surface area contributed by atoms with Crippen LogP contribution in [0.3, 0.4) is 0 Å². The summed E-state index contributed by atoms with van der Waals surface area (Å²) in [5.74, 6) is 1.63. The zero-order valence-electron chi connectivity index (χ0n) is 21.7. The molecule has 196 valence electrons. The van der Waals surface area contributed by atoms with Crippen LogP contribution in [0.15, 0.2) is 53.1 Å². The van der Waals surface area contributed by atoms with E-state index in [1.165, 1.54) is 30.7 Å². The molecule has 3 heterocycles. The standard InChI is InChI=1S/C29H36FN5O2/c1-20-11-17-35(18-12-20)26-9-5-22(6-10-26)21(2)31-29(36)24-13-15-34(16-14-24)19-27-32-28(33-37-27)23-3-7-25(30)8-4-23/h3-10,20-21,24H,11-19H2,1-2H3,(H,31,36). The van der Waals surface area contributed by atoms with E-state index in [-0.39, 0.29) is 23.7 Å². The van der Waals surface area contributed by atoms with Gasteiger partial charge in [-0.05, 0) is 93.6 Å². The van der Waals surface area contributed by atoms with Gasteiger partial charge in [-0.25, -0.2) is 4.39 Å². The highest BCUT2D eigenvalue weighted by Gasteiger charge is 2.27. The Morgan fingerprint density at radius 3 is 2.38 bits per heavy atom. The Kier molecular flexibility index (Phi) is 7.84. The van der Waals surface area contributed by atoms with Gasteiger partial charge in [0, 0.05) is 30.3 Å². The molecule has 0 saturated carbocycles. The highest BCUT2D eigenvalue weighted by atomic mass is 19.1. The third-order valence-corrected chi connectivity index (χ3v) is 7.79. The maximum absolute atomic E-state index is 13.1. The molecule has 7 nitrogen and oxygen atoms in total. The predicted molar refractivity (Wildman–Crippen MR) is 141 cm³/mol. The highest BCUT2D eigenvalue weighted by molar-refractivity contribution is 5.79. The summed E-state index contributed by atoms with van der Waals surface area (Å²) in [6.07, 6.45) is 4.09. The first-order chi connectivity index (χ1) is 17.9. The number of nitrogens with zero attached hydrogens (tertiary/aromatic N) is 4. The van der Waals surface area contributed by atoms with Crippen LogP contribution >= 0.6 is 0 Å². The molecule has 0 aliphatic carbocycles. The second kappa shape index (κ2) is 11.4. The van der Waals surface area contributed by atoms with Crippen molar-refractivity contribution in [3.05, 3.63) is 65.8 Å². The Morgan fingerprint density at radius 2 is 1.70 bits per heavy atom. The number of hydrogen-bond acceptors (Lipinski definition) is 6. The maximum atomic E-state index is 13.1. The van der Waals surface area contributed by atoms with Crippen LogP contribution in [0.1, 0.15) is 57.0 Å². The summed E-state index contributed by atoms with van der Waals surface area (Å²) < 4.78 is 18.5. The van der Waals surface area contributed by atoms with Crippen molar-refractivity contribution < 1.29 is 13.7 Å². The summed E-state index contributed by atoms with van der Waals surface area (Å²) in [5, 5.41) is 7.24. The van der Waals surface area contributed by atoms with E-state index in [0.717, 1.165) is 56.1 Å². The van der Waals surface area contributed by atoms with Crippen LogP contribution in [0.4, 0.5) is 10.1 Å². The van der Waals surface area contributed by atoms with E-state index in [1.54, 1.807) is 12.1 Å². The molecular formula is C29H36FN5O2. The van der Waals surface area contributed by atoms with Crippen molar-refractivity contribution in [3.8, 4) is 11.4 Å². The summed E-state index contributed by atoms with van der Waals surface area (Å²) in [6.45, 7) is 8.75. The van der Waals surface area contributed by atoms with Gasteiger partial charge >= 0.3 is 0 Å². The van der Waals surface area contributed by atoms with Crippen molar-refractivity contribution in [2.45, 2.75) is 52.1 Å². The average Bonchev–Trinajstić information content (AvgIpc) is 3.38. The molecule has 1 unspecified atom stereocenters. The van der Waals surface area contributed by atoms with Crippen molar-refractivity contribution in [3.63, 3.8) is 0 Å². The normalized spacial score (nSPS) is 18.6. The Bertz CT molecular complexity index is 1160. The van der Waals surface area contributed by atoms with E-state index in [1.807, 2.05) is 0 Å². The van der Waals surface area contributed by atoms with Crippen LogP contribution in [-0.2, 0) is 11.3 Å². The third kappa shape index (κ3) is 6.36. The van der Waals surface area contributed by atoms with Crippen LogP contribution in [0.5, 0.6) is 0 Å². The molecule has 2 aliphatic heterocycles. The van der Waals surface area contributed by atoms with Crippen LogP contribution < -0.4 is 10.2 Å². The predicted octanol–water partition coefficient (Wildman–Crippen LogP) is 5.20. The Labute approximate surface area is 218 Å². The summed E-state index contributed by atoms with van der Waals surface area (Å²) in [5.41, 5.74) is 3.12. The molecule has 2 aromatic carbocycles. The van der Waals surface area contributed by atoms with Crippen molar-refractivity contribution in [2.24, 2.45) is 11.8 Å². The summed E-state index contributed by atoms with van der Waals surface area (Å²) >= 11 is 0. The Morgan fingerprint density at radius 1 is 1.03 bits per heavy atom. The number of amides is 1. The van der Waals surface area contributed by atoms with Crippen molar-refractivity contribution in [2.75, 3.05) is 31.1 Å². The number of carbonyl (C=O) groups is 1. The minimum Gasteiger partial charge on any atom is -0.372 e. The van der Waals surface area contributed by atoms with E-state index < -0.39 is 0 Å². The minimum atomic E-state index is -0.297. The third-order valence-electron chi connectivity index (χ3n) is 7.79. The summed E-state index contributed by atoms with van der Waals surface area (Å²) in [6, 6.07) is 14.7.